The fourth-order valence-corrected chi connectivity index (χ4v) is 3.14. The van der Waals surface area contributed by atoms with Crippen LogP contribution in [0.5, 0.6) is 0 Å². The summed E-state index contributed by atoms with van der Waals surface area (Å²) in [5, 5.41) is 9.91. The summed E-state index contributed by atoms with van der Waals surface area (Å²) in [7, 11) is 1.53. The highest BCUT2D eigenvalue weighted by atomic mass is 32.1. The van der Waals surface area contributed by atoms with Gasteiger partial charge in [0.25, 0.3) is 0 Å². The molecule has 1 saturated heterocycles. The highest BCUT2D eigenvalue weighted by Crippen LogP contribution is 2.29. The molecule has 1 aromatic rings. The summed E-state index contributed by atoms with van der Waals surface area (Å²) >= 11 is 1.20. The lowest BCUT2D eigenvalue weighted by Gasteiger charge is -2.35. The van der Waals surface area contributed by atoms with Gasteiger partial charge < -0.3 is 19.5 Å². The third-order valence-electron chi connectivity index (χ3n) is 2.85. The van der Waals surface area contributed by atoms with Gasteiger partial charge in [0.15, 0.2) is 5.13 Å². The molecule has 7 heteroatoms. The first-order valence-corrected chi connectivity index (χ1v) is 6.95. The molecule has 106 valence electrons. The summed E-state index contributed by atoms with van der Waals surface area (Å²) in [5.74, 6) is -0.954. The quantitative estimate of drug-likeness (QED) is 0.906. The number of rotatable bonds is 4. The lowest BCUT2D eigenvalue weighted by atomic mass is 10.2. The Morgan fingerprint density at radius 3 is 2.68 bits per heavy atom. The molecule has 19 heavy (non-hydrogen) atoms. The van der Waals surface area contributed by atoms with Crippen LogP contribution in [0.3, 0.4) is 0 Å². The predicted octanol–water partition coefficient (Wildman–Crippen LogP) is 1.60. The molecule has 1 aliphatic heterocycles. The minimum Gasteiger partial charge on any atom is -0.477 e. The van der Waals surface area contributed by atoms with E-state index in [0.29, 0.717) is 5.69 Å². The Hall–Kier alpha value is -1.18. The number of carboxylic acids is 1. The number of anilines is 1. The molecular weight excluding hydrogens is 268 g/mol. The summed E-state index contributed by atoms with van der Waals surface area (Å²) in [4.78, 5) is 17.9. The zero-order valence-electron chi connectivity index (χ0n) is 11.3. The number of ether oxygens (including phenoxy) is 2. The van der Waals surface area contributed by atoms with Crippen molar-refractivity contribution in [2.75, 3.05) is 25.1 Å². The molecule has 2 atom stereocenters. The number of morpholine rings is 1. The number of hydrogen-bond acceptors (Lipinski definition) is 6. The van der Waals surface area contributed by atoms with Gasteiger partial charge in [0.1, 0.15) is 4.88 Å². The number of carboxylic acid groups (broad SMARTS) is 1. The Bertz CT molecular complexity index is 453. The van der Waals surface area contributed by atoms with Gasteiger partial charge in [0, 0.05) is 20.2 Å². The number of hydrogen-bond donors (Lipinski definition) is 1. The van der Waals surface area contributed by atoms with Crippen LogP contribution in [0.1, 0.15) is 29.2 Å². The molecule has 0 unspecified atom stereocenters. The van der Waals surface area contributed by atoms with E-state index in [4.69, 9.17) is 9.47 Å². The van der Waals surface area contributed by atoms with E-state index < -0.39 is 5.97 Å². The molecule has 0 aromatic carbocycles. The van der Waals surface area contributed by atoms with Crippen LogP contribution >= 0.6 is 11.3 Å². The van der Waals surface area contributed by atoms with Gasteiger partial charge in [-0.05, 0) is 13.8 Å². The summed E-state index contributed by atoms with van der Waals surface area (Å²) in [6.07, 6.45) is 0.235. The summed E-state index contributed by atoms with van der Waals surface area (Å²) in [6.45, 7) is 5.68. The van der Waals surface area contributed by atoms with Crippen molar-refractivity contribution in [1.82, 2.24) is 4.98 Å². The van der Waals surface area contributed by atoms with E-state index in [2.05, 4.69) is 9.88 Å². The minimum absolute atomic E-state index is 0.117. The van der Waals surface area contributed by atoms with Crippen molar-refractivity contribution in [2.45, 2.75) is 32.7 Å². The Balaban J connectivity index is 2.24. The monoisotopic (exact) mass is 286 g/mol. The number of methoxy groups -OCH3 is 1. The number of aromatic carboxylic acids is 1. The fraction of sp³-hybridized carbons (Fsp3) is 0.667. The molecule has 1 aliphatic rings. The van der Waals surface area contributed by atoms with Gasteiger partial charge in [0.2, 0.25) is 0 Å². The molecule has 1 fully saturated rings. The Labute approximate surface area is 116 Å². The molecule has 0 radical (unpaired) electrons. The predicted molar refractivity (Wildman–Crippen MR) is 72.0 cm³/mol. The Kier molecular flexibility index (Phi) is 4.38. The van der Waals surface area contributed by atoms with Crippen molar-refractivity contribution in [2.24, 2.45) is 0 Å². The van der Waals surface area contributed by atoms with E-state index in [0.717, 1.165) is 18.2 Å². The van der Waals surface area contributed by atoms with Gasteiger partial charge in [-0.3, -0.25) is 0 Å². The highest BCUT2D eigenvalue weighted by molar-refractivity contribution is 7.17. The highest BCUT2D eigenvalue weighted by Gasteiger charge is 2.26. The third kappa shape index (κ3) is 3.23. The van der Waals surface area contributed by atoms with Gasteiger partial charge in [-0.25, -0.2) is 9.78 Å². The molecule has 0 spiro atoms. The molecule has 2 rings (SSSR count). The van der Waals surface area contributed by atoms with E-state index >= 15 is 0 Å². The van der Waals surface area contributed by atoms with Gasteiger partial charge in [0.05, 0.1) is 24.5 Å². The van der Waals surface area contributed by atoms with E-state index in [-0.39, 0.29) is 23.7 Å². The number of thiazole rings is 1. The summed E-state index contributed by atoms with van der Waals surface area (Å²) < 4.78 is 10.7. The molecule has 0 bridgehead atoms. The Morgan fingerprint density at radius 1 is 1.53 bits per heavy atom. The lowest BCUT2D eigenvalue weighted by Crippen LogP contribution is -2.45. The van der Waals surface area contributed by atoms with E-state index in [1.807, 2.05) is 13.8 Å². The summed E-state index contributed by atoms with van der Waals surface area (Å²) in [6, 6.07) is 0. The molecule has 1 aromatic heterocycles. The molecule has 2 heterocycles. The third-order valence-corrected chi connectivity index (χ3v) is 4.00. The number of nitrogens with zero attached hydrogens (tertiary/aromatic N) is 2. The van der Waals surface area contributed by atoms with Gasteiger partial charge in [-0.1, -0.05) is 11.3 Å². The zero-order chi connectivity index (χ0) is 14.0. The molecule has 6 nitrogen and oxygen atoms in total. The van der Waals surface area contributed by atoms with Crippen molar-refractivity contribution in [3.8, 4) is 0 Å². The van der Waals surface area contributed by atoms with Gasteiger partial charge in [-0.2, -0.15) is 0 Å². The lowest BCUT2D eigenvalue weighted by molar-refractivity contribution is -0.00524. The van der Waals surface area contributed by atoms with Crippen molar-refractivity contribution >= 4 is 22.4 Å². The summed E-state index contributed by atoms with van der Waals surface area (Å²) in [5.41, 5.74) is 0.488. The van der Waals surface area contributed by atoms with Crippen LogP contribution in [0, 0.1) is 0 Å². The maximum Gasteiger partial charge on any atom is 0.347 e. The fourth-order valence-electron chi connectivity index (χ4n) is 2.21. The van der Waals surface area contributed by atoms with Crippen LogP contribution in [-0.4, -0.2) is 48.5 Å². The first kappa shape index (κ1) is 14.2. The van der Waals surface area contributed by atoms with Crippen LogP contribution in [0.25, 0.3) is 0 Å². The first-order chi connectivity index (χ1) is 9.01. The van der Waals surface area contributed by atoms with Crippen LogP contribution in [0.15, 0.2) is 0 Å². The topological polar surface area (TPSA) is 71.9 Å². The average Bonchev–Trinajstić information content (AvgIpc) is 2.72. The standard InChI is InChI=1S/C12H18N2O4S/c1-7-4-14(5-8(2)18-7)12-13-9(6-17-3)10(19-12)11(15)16/h7-8H,4-6H2,1-3H3,(H,15,16)/t7-,8+. The molecular formula is C12H18N2O4S. The zero-order valence-corrected chi connectivity index (χ0v) is 12.1. The average molecular weight is 286 g/mol. The van der Waals surface area contributed by atoms with Crippen molar-refractivity contribution in [3.05, 3.63) is 10.6 Å². The maximum atomic E-state index is 11.2. The molecule has 1 N–H and O–H groups in total. The molecule has 0 saturated carbocycles. The second-order valence-corrected chi connectivity index (χ2v) is 5.65. The number of carbonyl (C=O) groups is 1. The largest absolute Gasteiger partial charge is 0.477 e. The smallest absolute Gasteiger partial charge is 0.347 e. The molecule has 0 amide bonds. The SMILES string of the molecule is COCc1nc(N2C[C@@H](C)O[C@@H](C)C2)sc1C(=O)O. The number of aromatic nitrogens is 1. The van der Waals surface area contributed by atoms with Crippen molar-refractivity contribution in [3.63, 3.8) is 0 Å². The van der Waals surface area contributed by atoms with Crippen LogP contribution < -0.4 is 4.90 Å². The van der Waals surface area contributed by atoms with Gasteiger partial charge in [-0.15, -0.1) is 0 Å². The van der Waals surface area contributed by atoms with Crippen molar-refractivity contribution in [1.29, 1.82) is 0 Å². The van der Waals surface area contributed by atoms with Gasteiger partial charge >= 0.3 is 5.97 Å². The van der Waals surface area contributed by atoms with E-state index in [1.54, 1.807) is 0 Å². The van der Waals surface area contributed by atoms with E-state index in [9.17, 15) is 9.90 Å². The second-order valence-electron chi connectivity index (χ2n) is 4.67. The van der Waals surface area contributed by atoms with Crippen LogP contribution in [-0.2, 0) is 16.1 Å². The minimum atomic E-state index is -0.954. The Morgan fingerprint density at radius 2 is 2.16 bits per heavy atom. The maximum absolute atomic E-state index is 11.2. The van der Waals surface area contributed by atoms with Crippen LogP contribution in [0.2, 0.25) is 0 Å². The normalized spacial score (nSPS) is 23.6. The molecule has 0 aliphatic carbocycles. The van der Waals surface area contributed by atoms with Crippen molar-refractivity contribution < 1.29 is 19.4 Å². The first-order valence-electron chi connectivity index (χ1n) is 6.13. The van der Waals surface area contributed by atoms with E-state index in [1.165, 1.54) is 18.4 Å². The van der Waals surface area contributed by atoms with Crippen LogP contribution in [0.4, 0.5) is 5.13 Å². The second kappa shape index (κ2) is 5.85.